The molecule has 1 aliphatic rings. The Labute approximate surface area is 138 Å². The lowest BCUT2D eigenvalue weighted by molar-refractivity contribution is -0.138. The monoisotopic (exact) mass is 322 g/mol. The molecule has 1 aliphatic heterocycles. The van der Waals surface area contributed by atoms with Crippen molar-refractivity contribution in [2.75, 3.05) is 40.4 Å². The predicted molar refractivity (Wildman–Crippen MR) is 88.6 cm³/mol. The smallest absolute Gasteiger partial charge is 0.244 e. The number of ether oxygens (including phenoxy) is 1. The highest BCUT2D eigenvalue weighted by molar-refractivity contribution is 5.83. The van der Waals surface area contributed by atoms with Crippen molar-refractivity contribution in [2.24, 2.45) is 5.92 Å². The summed E-state index contributed by atoms with van der Waals surface area (Å²) < 4.78 is 19.0. The third kappa shape index (κ3) is 4.75. The molecule has 0 spiro atoms. The van der Waals surface area contributed by atoms with Gasteiger partial charge in [0.2, 0.25) is 5.91 Å². The van der Waals surface area contributed by atoms with Crippen molar-refractivity contribution in [2.45, 2.75) is 25.8 Å². The fourth-order valence-corrected chi connectivity index (χ4v) is 3.12. The van der Waals surface area contributed by atoms with Gasteiger partial charge in [0, 0.05) is 26.3 Å². The van der Waals surface area contributed by atoms with E-state index in [2.05, 4.69) is 0 Å². The van der Waals surface area contributed by atoms with Gasteiger partial charge in [-0.1, -0.05) is 12.1 Å². The van der Waals surface area contributed by atoms with Gasteiger partial charge in [-0.3, -0.25) is 9.69 Å². The molecule has 0 bridgehead atoms. The highest BCUT2D eigenvalue weighted by atomic mass is 19.1. The van der Waals surface area contributed by atoms with Gasteiger partial charge in [-0.05, 0) is 57.5 Å². The Balaban J connectivity index is 2.02. The minimum Gasteiger partial charge on any atom is -0.381 e. The van der Waals surface area contributed by atoms with Crippen molar-refractivity contribution in [3.8, 4) is 0 Å². The quantitative estimate of drug-likeness (QED) is 0.807. The number of carbonyl (C=O) groups excluding carboxylic acids is 1. The van der Waals surface area contributed by atoms with Crippen molar-refractivity contribution in [3.05, 3.63) is 35.6 Å². The third-order valence-electron chi connectivity index (χ3n) is 4.40. The molecule has 2 rings (SSSR count). The molecule has 1 atom stereocenters. The van der Waals surface area contributed by atoms with Crippen LogP contribution in [0.2, 0.25) is 0 Å². The molecule has 0 radical (unpaired) electrons. The first kappa shape index (κ1) is 17.9. The van der Waals surface area contributed by atoms with Gasteiger partial charge in [-0.2, -0.15) is 0 Å². The number of likely N-dealkylation sites (N-methyl/N-ethyl adjacent to an activating group) is 1. The van der Waals surface area contributed by atoms with E-state index in [0.717, 1.165) is 39.1 Å². The Morgan fingerprint density at radius 3 is 2.65 bits per heavy atom. The molecule has 0 unspecified atom stereocenters. The van der Waals surface area contributed by atoms with Gasteiger partial charge in [0.05, 0.1) is 0 Å². The summed E-state index contributed by atoms with van der Waals surface area (Å²) in [7, 11) is 3.71. The Kier molecular flexibility index (Phi) is 6.54. The van der Waals surface area contributed by atoms with Crippen LogP contribution in [0, 0.1) is 11.7 Å². The lowest BCUT2D eigenvalue weighted by Gasteiger charge is -2.36. The SMILES string of the molecule is CCOCC1CCN(C(=O)[C@H](c2cccc(F)c2)N(C)C)CC1. The number of carbonyl (C=O) groups is 1. The Morgan fingerprint density at radius 2 is 2.09 bits per heavy atom. The molecule has 1 amide bonds. The van der Waals surface area contributed by atoms with E-state index in [1.54, 1.807) is 6.07 Å². The summed E-state index contributed by atoms with van der Waals surface area (Å²) in [5.74, 6) is 0.277. The summed E-state index contributed by atoms with van der Waals surface area (Å²) in [6.07, 6.45) is 1.93. The van der Waals surface area contributed by atoms with E-state index in [0.29, 0.717) is 11.5 Å². The maximum absolute atomic E-state index is 13.5. The van der Waals surface area contributed by atoms with Crippen molar-refractivity contribution >= 4 is 5.91 Å². The molecule has 0 aromatic heterocycles. The number of rotatable bonds is 6. The first-order valence-electron chi connectivity index (χ1n) is 8.31. The van der Waals surface area contributed by atoms with Crippen LogP contribution in [0.1, 0.15) is 31.4 Å². The van der Waals surface area contributed by atoms with Crippen LogP contribution >= 0.6 is 0 Å². The molecule has 0 N–H and O–H groups in total. The van der Waals surface area contributed by atoms with Crippen molar-refractivity contribution in [3.63, 3.8) is 0 Å². The lowest BCUT2D eigenvalue weighted by atomic mass is 9.96. The van der Waals surface area contributed by atoms with Crippen LogP contribution in [0.25, 0.3) is 0 Å². The normalized spacial score (nSPS) is 17.5. The average Bonchev–Trinajstić information content (AvgIpc) is 2.53. The minimum absolute atomic E-state index is 0.0514. The van der Waals surface area contributed by atoms with E-state index >= 15 is 0 Å². The van der Waals surface area contributed by atoms with E-state index in [1.807, 2.05) is 36.9 Å². The minimum atomic E-state index is -0.436. The molecule has 1 aromatic carbocycles. The zero-order valence-electron chi connectivity index (χ0n) is 14.3. The molecule has 0 saturated carbocycles. The second-order valence-corrected chi connectivity index (χ2v) is 6.35. The highest BCUT2D eigenvalue weighted by Crippen LogP contribution is 2.25. The summed E-state index contributed by atoms with van der Waals surface area (Å²) >= 11 is 0. The Bertz CT molecular complexity index is 513. The molecule has 1 saturated heterocycles. The molecular weight excluding hydrogens is 295 g/mol. The first-order valence-corrected chi connectivity index (χ1v) is 8.31. The number of halogens is 1. The van der Waals surface area contributed by atoms with E-state index in [9.17, 15) is 9.18 Å². The molecule has 0 aliphatic carbocycles. The predicted octanol–water partition coefficient (Wildman–Crippen LogP) is 2.70. The highest BCUT2D eigenvalue weighted by Gasteiger charge is 2.30. The number of amides is 1. The van der Waals surface area contributed by atoms with E-state index in [-0.39, 0.29) is 11.7 Å². The van der Waals surface area contributed by atoms with Crippen molar-refractivity contribution < 1.29 is 13.9 Å². The van der Waals surface area contributed by atoms with Crippen LogP contribution in [0.3, 0.4) is 0 Å². The van der Waals surface area contributed by atoms with Gasteiger partial charge < -0.3 is 9.64 Å². The summed E-state index contributed by atoms with van der Waals surface area (Å²) in [5.41, 5.74) is 0.705. The number of benzene rings is 1. The molecule has 1 fully saturated rings. The Morgan fingerprint density at radius 1 is 1.39 bits per heavy atom. The number of hydrogen-bond donors (Lipinski definition) is 0. The first-order chi connectivity index (χ1) is 11.0. The van der Waals surface area contributed by atoms with Gasteiger partial charge in [-0.25, -0.2) is 4.39 Å². The van der Waals surface area contributed by atoms with Crippen LogP contribution in [0.4, 0.5) is 4.39 Å². The zero-order chi connectivity index (χ0) is 16.8. The van der Waals surface area contributed by atoms with Crippen LogP contribution in [-0.2, 0) is 9.53 Å². The van der Waals surface area contributed by atoms with Crippen molar-refractivity contribution in [1.29, 1.82) is 0 Å². The van der Waals surface area contributed by atoms with Crippen LogP contribution in [-0.4, -0.2) is 56.1 Å². The number of likely N-dealkylation sites (tertiary alicyclic amines) is 1. The fourth-order valence-electron chi connectivity index (χ4n) is 3.12. The Hall–Kier alpha value is -1.46. The summed E-state index contributed by atoms with van der Waals surface area (Å²) in [6, 6.07) is 5.88. The van der Waals surface area contributed by atoms with E-state index < -0.39 is 6.04 Å². The fraction of sp³-hybridized carbons (Fsp3) is 0.611. The van der Waals surface area contributed by atoms with Crippen LogP contribution in [0.15, 0.2) is 24.3 Å². The molecule has 1 heterocycles. The van der Waals surface area contributed by atoms with Gasteiger partial charge >= 0.3 is 0 Å². The number of nitrogens with zero attached hydrogens (tertiary/aromatic N) is 2. The molecule has 5 heteroatoms. The molecule has 4 nitrogen and oxygen atoms in total. The van der Waals surface area contributed by atoms with Gasteiger partial charge in [-0.15, -0.1) is 0 Å². The topological polar surface area (TPSA) is 32.8 Å². The number of hydrogen-bond acceptors (Lipinski definition) is 3. The lowest BCUT2D eigenvalue weighted by Crippen LogP contribution is -2.45. The average molecular weight is 322 g/mol. The largest absolute Gasteiger partial charge is 0.381 e. The van der Waals surface area contributed by atoms with Gasteiger partial charge in [0.1, 0.15) is 11.9 Å². The van der Waals surface area contributed by atoms with Gasteiger partial charge in [0.15, 0.2) is 0 Å². The summed E-state index contributed by atoms with van der Waals surface area (Å²) in [6.45, 7) is 5.01. The molecular formula is C18H27FN2O2. The molecule has 128 valence electrons. The zero-order valence-corrected chi connectivity index (χ0v) is 14.3. The van der Waals surface area contributed by atoms with E-state index in [1.165, 1.54) is 12.1 Å². The number of piperidine rings is 1. The van der Waals surface area contributed by atoms with E-state index in [4.69, 9.17) is 4.74 Å². The maximum Gasteiger partial charge on any atom is 0.244 e. The summed E-state index contributed by atoms with van der Waals surface area (Å²) in [5, 5.41) is 0. The van der Waals surface area contributed by atoms with Crippen LogP contribution < -0.4 is 0 Å². The standard InChI is InChI=1S/C18H27FN2O2/c1-4-23-13-14-8-10-21(11-9-14)18(22)17(20(2)3)15-6-5-7-16(19)12-15/h5-7,12,14,17H,4,8-11,13H2,1-3H3/t17-/m0/s1. The molecule has 1 aromatic rings. The maximum atomic E-state index is 13.5. The second kappa shape index (κ2) is 8.41. The summed E-state index contributed by atoms with van der Waals surface area (Å²) in [4.78, 5) is 16.7. The van der Waals surface area contributed by atoms with Gasteiger partial charge in [0.25, 0.3) is 0 Å². The van der Waals surface area contributed by atoms with Crippen molar-refractivity contribution in [1.82, 2.24) is 9.80 Å². The van der Waals surface area contributed by atoms with Crippen LogP contribution in [0.5, 0.6) is 0 Å². The molecule has 23 heavy (non-hydrogen) atoms. The third-order valence-corrected chi connectivity index (χ3v) is 4.40. The second-order valence-electron chi connectivity index (χ2n) is 6.35.